The fourth-order valence-corrected chi connectivity index (χ4v) is 3.67. The monoisotopic (exact) mass is 258 g/mol. The normalized spacial score (nSPS) is 29.1. The Balaban J connectivity index is 2.08. The van der Waals surface area contributed by atoms with Gasteiger partial charge < -0.3 is 0 Å². The molecule has 0 N–H and O–H groups in total. The van der Waals surface area contributed by atoms with Crippen LogP contribution in [0.15, 0.2) is 11.4 Å². The summed E-state index contributed by atoms with van der Waals surface area (Å²) in [5.41, 5.74) is 1.58. The molecule has 0 amide bonds. The number of thiophene rings is 1. The highest BCUT2D eigenvalue weighted by atomic mass is 79.9. The zero-order chi connectivity index (χ0) is 9.26. The number of halogens is 1. The van der Waals surface area contributed by atoms with E-state index in [9.17, 15) is 0 Å². The summed E-state index contributed by atoms with van der Waals surface area (Å²) in [6.07, 6.45) is 5.46. The van der Waals surface area contributed by atoms with E-state index in [-0.39, 0.29) is 0 Å². The number of aryl methyl sites for hydroxylation is 1. The van der Waals surface area contributed by atoms with Crippen LogP contribution in [0.2, 0.25) is 0 Å². The first-order chi connectivity index (χ1) is 6.25. The van der Waals surface area contributed by atoms with E-state index >= 15 is 0 Å². The van der Waals surface area contributed by atoms with Crippen LogP contribution < -0.4 is 0 Å². The highest BCUT2D eigenvalue weighted by Crippen LogP contribution is 2.37. The lowest BCUT2D eigenvalue weighted by Crippen LogP contribution is -2.12. The summed E-state index contributed by atoms with van der Waals surface area (Å²) in [6.45, 7) is 2.20. The third kappa shape index (κ3) is 2.35. The lowest BCUT2D eigenvalue weighted by atomic mass is 9.85. The molecule has 2 unspecified atom stereocenters. The summed E-state index contributed by atoms with van der Waals surface area (Å²) >= 11 is 5.62. The van der Waals surface area contributed by atoms with Crippen molar-refractivity contribution in [2.24, 2.45) is 0 Å². The van der Waals surface area contributed by atoms with Crippen molar-refractivity contribution < 1.29 is 0 Å². The Labute approximate surface area is 92.5 Å². The van der Waals surface area contributed by atoms with E-state index in [1.807, 2.05) is 11.3 Å². The molecule has 0 nitrogen and oxygen atoms in total. The molecule has 2 atom stereocenters. The minimum atomic E-state index is 0.756. The predicted octanol–water partition coefficient (Wildman–Crippen LogP) is 4.48. The number of alkyl halides is 1. The highest BCUT2D eigenvalue weighted by molar-refractivity contribution is 9.09. The van der Waals surface area contributed by atoms with Gasteiger partial charge in [0.1, 0.15) is 0 Å². The molecule has 1 heterocycles. The first-order valence-electron chi connectivity index (χ1n) is 4.95. The zero-order valence-corrected chi connectivity index (χ0v) is 10.3. The van der Waals surface area contributed by atoms with Crippen molar-refractivity contribution in [3.8, 4) is 0 Å². The second kappa shape index (κ2) is 4.14. The number of hydrogen-bond acceptors (Lipinski definition) is 1. The summed E-state index contributed by atoms with van der Waals surface area (Å²) in [5, 5.41) is 2.34. The maximum atomic E-state index is 3.74. The second-order valence-corrected chi connectivity index (χ2v) is 6.36. The standard InChI is InChI=1S/C11H15BrS/c1-8-5-10(7-13-8)9-3-2-4-11(12)6-9/h5,7,9,11H,2-4,6H2,1H3. The van der Waals surface area contributed by atoms with Gasteiger partial charge >= 0.3 is 0 Å². The van der Waals surface area contributed by atoms with Crippen LogP contribution in [0.5, 0.6) is 0 Å². The topological polar surface area (TPSA) is 0 Å². The van der Waals surface area contributed by atoms with E-state index in [0.717, 1.165) is 10.7 Å². The average molecular weight is 259 g/mol. The molecule has 13 heavy (non-hydrogen) atoms. The number of rotatable bonds is 1. The predicted molar refractivity (Wildman–Crippen MR) is 63.0 cm³/mol. The molecule has 1 aliphatic carbocycles. The maximum Gasteiger partial charge on any atom is 0.0151 e. The molecule has 0 radical (unpaired) electrons. The molecule has 0 aliphatic heterocycles. The van der Waals surface area contributed by atoms with E-state index in [1.54, 1.807) is 5.56 Å². The van der Waals surface area contributed by atoms with Crippen molar-refractivity contribution in [2.45, 2.75) is 43.4 Å². The first kappa shape index (κ1) is 9.72. The van der Waals surface area contributed by atoms with Crippen LogP contribution in [0.4, 0.5) is 0 Å². The highest BCUT2D eigenvalue weighted by Gasteiger charge is 2.21. The zero-order valence-electron chi connectivity index (χ0n) is 7.92. The van der Waals surface area contributed by atoms with Gasteiger partial charge in [0.25, 0.3) is 0 Å². The van der Waals surface area contributed by atoms with Gasteiger partial charge in [0, 0.05) is 9.70 Å². The lowest BCUT2D eigenvalue weighted by Gasteiger charge is -2.24. The van der Waals surface area contributed by atoms with Crippen LogP contribution in [-0.2, 0) is 0 Å². The summed E-state index contributed by atoms with van der Waals surface area (Å²) in [4.78, 5) is 2.21. The fourth-order valence-electron chi connectivity index (χ4n) is 2.11. The van der Waals surface area contributed by atoms with Gasteiger partial charge in [-0.3, -0.25) is 0 Å². The van der Waals surface area contributed by atoms with Gasteiger partial charge in [0.2, 0.25) is 0 Å². The van der Waals surface area contributed by atoms with Crippen LogP contribution in [0, 0.1) is 6.92 Å². The van der Waals surface area contributed by atoms with Gasteiger partial charge in [-0.1, -0.05) is 22.4 Å². The molecule has 2 rings (SSSR count). The molecule has 0 spiro atoms. The van der Waals surface area contributed by atoms with Gasteiger partial charge in [0.05, 0.1) is 0 Å². The average Bonchev–Trinajstić information content (AvgIpc) is 2.52. The third-order valence-corrected chi connectivity index (χ3v) is 4.54. The van der Waals surface area contributed by atoms with Gasteiger partial charge in [-0.15, -0.1) is 11.3 Å². The molecule has 0 saturated heterocycles. The quantitative estimate of drug-likeness (QED) is 0.652. The molecule has 1 aliphatic rings. The molecular weight excluding hydrogens is 244 g/mol. The Bertz CT molecular complexity index is 279. The van der Waals surface area contributed by atoms with Crippen LogP contribution >= 0.6 is 27.3 Å². The molecule has 1 fully saturated rings. The van der Waals surface area contributed by atoms with Crippen molar-refractivity contribution in [3.63, 3.8) is 0 Å². The van der Waals surface area contributed by atoms with Crippen molar-refractivity contribution in [1.82, 2.24) is 0 Å². The fraction of sp³-hybridized carbons (Fsp3) is 0.636. The summed E-state index contributed by atoms with van der Waals surface area (Å²) in [6, 6.07) is 2.36. The Morgan fingerprint density at radius 2 is 2.31 bits per heavy atom. The number of hydrogen-bond donors (Lipinski definition) is 0. The largest absolute Gasteiger partial charge is 0.149 e. The third-order valence-electron chi connectivity index (χ3n) is 2.83. The molecule has 72 valence electrons. The molecule has 1 aromatic rings. The Morgan fingerprint density at radius 3 is 2.92 bits per heavy atom. The SMILES string of the molecule is Cc1cc(C2CCCC(Br)C2)cs1. The Hall–Kier alpha value is 0.180. The molecule has 2 heteroatoms. The van der Waals surface area contributed by atoms with Crippen molar-refractivity contribution >= 4 is 27.3 Å². The molecular formula is C11H15BrS. The van der Waals surface area contributed by atoms with Crippen molar-refractivity contribution in [3.05, 3.63) is 21.9 Å². The molecule has 1 saturated carbocycles. The van der Waals surface area contributed by atoms with Crippen molar-refractivity contribution in [2.75, 3.05) is 0 Å². The minimum absolute atomic E-state index is 0.756. The van der Waals surface area contributed by atoms with Gasteiger partial charge in [-0.25, -0.2) is 0 Å². The molecule has 0 bridgehead atoms. The van der Waals surface area contributed by atoms with E-state index in [1.165, 1.54) is 30.6 Å². The van der Waals surface area contributed by atoms with Gasteiger partial charge in [-0.2, -0.15) is 0 Å². The van der Waals surface area contributed by atoms with Crippen LogP contribution in [0.1, 0.15) is 42.0 Å². The van der Waals surface area contributed by atoms with E-state index in [4.69, 9.17) is 0 Å². The van der Waals surface area contributed by atoms with Gasteiger partial charge in [-0.05, 0) is 49.1 Å². The van der Waals surface area contributed by atoms with Crippen LogP contribution in [0.3, 0.4) is 0 Å². The first-order valence-corrected chi connectivity index (χ1v) is 6.74. The molecule has 1 aromatic heterocycles. The maximum absolute atomic E-state index is 3.74. The summed E-state index contributed by atoms with van der Waals surface area (Å²) < 4.78 is 0. The Morgan fingerprint density at radius 1 is 1.46 bits per heavy atom. The van der Waals surface area contributed by atoms with E-state index < -0.39 is 0 Å². The smallest absolute Gasteiger partial charge is 0.0151 e. The van der Waals surface area contributed by atoms with E-state index in [0.29, 0.717) is 0 Å². The second-order valence-electron chi connectivity index (χ2n) is 3.95. The summed E-state index contributed by atoms with van der Waals surface area (Å²) in [5.74, 6) is 0.822. The minimum Gasteiger partial charge on any atom is -0.149 e. The Kier molecular flexibility index (Phi) is 3.10. The van der Waals surface area contributed by atoms with Gasteiger partial charge in [0.15, 0.2) is 0 Å². The summed E-state index contributed by atoms with van der Waals surface area (Å²) in [7, 11) is 0. The van der Waals surface area contributed by atoms with E-state index in [2.05, 4.69) is 34.3 Å². The van der Waals surface area contributed by atoms with Crippen LogP contribution in [0.25, 0.3) is 0 Å². The molecule has 0 aromatic carbocycles. The lowest BCUT2D eigenvalue weighted by molar-refractivity contribution is 0.459. The van der Waals surface area contributed by atoms with Crippen molar-refractivity contribution in [1.29, 1.82) is 0 Å². The van der Waals surface area contributed by atoms with Crippen LogP contribution in [-0.4, -0.2) is 4.83 Å².